The quantitative estimate of drug-likeness (QED) is 0.751. The summed E-state index contributed by atoms with van der Waals surface area (Å²) in [7, 11) is 4.02. The summed E-state index contributed by atoms with van der Waals surface area (Å²) in [6.07, 6.45) is 0. The predicted octanol–water partition coefficient (Wildman–Crippen LogP) is 2.65. The molecule has 1 amide bonds. The number of hydrogen-bond acceptors (Lipinski definition) is 4. The zero-order chi connectivity index (χ0) is 18.2. The zero-order valence-electron chi connectivity index (χ0n) is 14.9. The van der Waals surface area contributed by atoms with Crippen LogP contribution in [0.1, 0.15) is 28.4 Å². The summed E-state index contributed by atoms with van der Waals surface area (Å²) in [5, 5.41) is 2.87. The van der Waals surface area contributed by atoms with Crippen LogP contribution in [0.3, 0.4) is 0 Å². The Morgan fingerprint density at radius 1 is 1.04 bits per heavy atom. The van der Waals surface area contributed by atoms with Crippen molar-refractivity contribution in [3.05, 3.63) is 65.2 Å². The lowest BCUT2D eigenvalue weighted by atomic mass is 10.1. The number of nitrogens with one attached hydrogen (secondary N) is 1. The highest BCUT2D eigenvalue weighted by molar-refractivity contribution is 5.94. The second-order valence-corrected chi connectivity index (χ2v) is 6.16. The van der Waals surface area contributed by atoms with Crippen molar-refractivity contribution in [1.82, 2.24) is 10.2 Å². The van der Waals surface area contributed by atoms with Crippen molar-refractivity contribution >= 4 is 11.7 Å². The Labute approximate surface area is 148 Å². The lowest BCUT2D eigenvalue weighted by molar-refractivity contribution is -0.123. The van der Waals surface area contributed by atoms with Crippen molar-refractivity contribution in [1.29, 1.82) is 0 Å². The van der Waals surface area contributed by atoms with Gasteiger partial charge in [0.1, 0.15) is 5.75 Å². The molecule has 0 saturated carbocycles. The first kappa shape index (κ1) is 18.7. The Bertz CT molecular complexity index is 741. The van der Waals surface area contributed by atoms with Crippen LogP contribution in [-0.2, 0) is 17.9 Å². The summed E-state index contributed by atoms with van der Waals surface area (Å²) in [6.45, 7) is 2.69. The minimum Gasteiger partial charge on any atom is -0.484 e. The Morgan fingerprint density at radius 3 is 2.44 bits per heavy atom. The zero-order valence-corrected chi connectivity index (χ0v) is 14.9. The van der Waals surface area contributed by atoms with Crippen molar-refractivity contribution in [2.75, 3.05) is 20.7 Å². The molecular formula is C20H24N2O3. The lowest BCUT2D eigenvalue weighted by Gasteiger charge is -2.15. The molecule has 0 spiro atoms. The van der Waals surface area contributed by atoms with Crippen molar-refractivity contribution in [3.8, 4) is 5.75 Å². The molecule has 2 rings (SSSR count). The van der Waals surface area contributed by atoms with Gasteiger partial charge < -0.3 is 15.0 Å². The van der Waals surface area contributed by atoms with Gasteiger partial charge in [0.25, 0.3) is 5.91 Å². The Balaban J connectivity index is 1.87. The minimum atomic E-state index is -0.201. The summed E-state index contributed by atoms with van der Waals surface area (Å²) in [6, 6.07) is 14.9. The van der Waals surface area contributed by atoms with Crippen LogP contribution >= 0.6 is 0 Å². The fourth-order valence-electron chi connectivity index (χ4n) is 2.42. The van der Waals surface area contributed by atoms with Crippen LogP contribution in [0.2, 0.25) is 0 Å². The first-order valence-electron chi connectivity index (χ1n) is 8.17. The smallest absolute Gasteiger partial charge is 0.258 e. The van der Waals surface area contributed by atoms with Crippen LogP contribution in [0, 0.1) is 0 Å². The van der Waals surface area contributed by atoms with E-state index in [1.807, 2.05) is 32.3 Å². The molecule has 0 aliphatic rings. The molecule has 2 aromatic carbocycles. The monoisotopic (exact) mass is 340 g/mol. The van der Waals surface area contributed by atoms with Gasteiger partial charge in [-0.2, -0.15) is 0 Å². The highest BCUT2D eigenvalue weighted by Gasteiger charge is 2.07. The maximum absolute atomic E-state index is 12.0. The average Bonchev–Trinajstić information content (AvgIpc) is 2.59. The topological polar surface area (TPSA) is 58.6 Å². The van der Waals surface area contributed by atoms with E-state index in [0.29, 0.717) is 17.9 Å². The van der Waals surface area contributed by atoms with Gasteiger partial charge in [-0.3, -0.25) is 9.59 Å². The molecule has 0 aliphatic carbocycles. The molecule has 1 N–H and O–H groups in total. The van der Waals surface area contributed by atoms with E-state index in [0.717, 1.165) is 12.1 Å². The summed E-state index contributed by atoms with van der Waals surface area (Å²) in [5.41, 5.74) is 2.83. The van der Waals surface area contributed by atoms with E-state index < -0.39 is 0 Å². The van der Waals surface area contributed by atoms with Crippen molar-refractivity contribution in [2.24, 2.45) is 0 Å². The molecule has 0 saturated heterocycles. The molecule has 0 bridgehead atoms. The van der Waals surface area contributed by atoms with Gasteiger partial charge in [0.15, 0.2) is 12.4 Å². The highest BCUT2D eigenvalue weighted by Crippen LogP contribution is 2.14. The van der Waals surface area contributed by atoms with E-state index in [2.05, 4.69) is 16.3 Å². The van der Waals surface area contributed by atoms with Gasteiger partial charge in [-0.05, 0) is 44.3 Å². The van der Waals surface area contributed by atoms with Gasteiger partial charge in [-0.25, -0.2) is 0 Å². The number of benzene rings is 2. The molecule has 0 heterocycles. The van der Waals surface area contributed by atoms with E-state index in [9.17, 15) is 9.59 Å². The second-order valence-electron chi connectivity index (χ2n) is 6.16. The second kappa shape index (κ2) is 8.99. The molecular weight excluding hydrogens is 316 g/mol. The van der Waals surface area contributed by atoms with Gasteiger partial charge >= 0.3 is 0 Å². The van der Waals surface area contributed by atoms with E-state index in [1.54, 1.807) is 24.3 Å². The Kier molecular flexibility index (Phi) is 6.71. The van der Waals surface area contributed by atoms with Crippen LogP contribution < -0.4 is 10.1 Å². The highest BCUT2D eigenvalue weighted by atomic mass is 16.5. The fraction of sp³-hybridized carbons (Fsp3) is 0.300. The summed E-state index contributed by atoms with van der Waals surface area (Å²) in [4.78, 5) is 25.5. The Hall–Kier alpha value is -2.66. The van der Waals surface area contributed by atoms with Crippen molar-refractivity contribution in [2.45, 2.75) is 20.0 Å². The molecule has 5 heteroatoms. The van der Waals surface area contributed by atoms with Gasteiger partial charge in [-0.1, -0.05) is 36.4 Å². The Morgan fingerprint density at radius 2 is 1.76 bits per heavy atom. The summed E-state index contributed by atoms with van der Waals surface area (Å²) < 4.78 is 5.47. The van der Waals surface area contributed by atoms with E-state index in [-0.39, 0.29) is 18.3 Å². The van der Waals surface area contributed by atoms with Crippen molar-refractivity contribution in [3.63, 3.8) is 0 Å². The number of carbonyl (C=O) groups excluding carboxylic acids is 2. The van der Waals surface area contributed by atoms with E-state index in [4.69, 9.17) is 4.74 Å². The SMILES string of the molecule is CC(=O)c1cccc(OCC(=O)NCc2ccccc2CN(C)C)c1. The first-order valence-corrected chi connectivity index (χ1v) is 8.17. The third-order valence-corrected chi connectivity index (χ3v) is 3.69. The predicted molar refractivity (Wildman–Crippen MR) is 97.6 cm³/mol. The summed E-state index contributed by atoms with van der Waals surface area (Å²) >= 11 is 0. The molecule has 0 unspecified atom stereocenters. The molecule has 0 fully saturated rings. The van der Waals surface area contributed by atoms with Gasteiger partial charge in [0, 0.05) is 18.7 Å². The van der Waals surface area contributed by atoms with Crippen LogP contribution in [-0.4, -0.2) is 37.3 Å². The summed E-state index contributed by atoms with van der Waals surface area (Å²) in [5.74, 6) is 0.274. The fourth-order valence-corrected chi connectivity index (χ4v) is 2.42. The largest absolute Gasteiger partial charge is 0.484 e. The van der Waals surface area contributed by atoms with Crippen LogP contribution in [0.15, 0.2) is 48.5 Å². The third kappa shape index (κ3) is 6.04. The molecule has 0 atom stereocenters. The number of ketones is 1. The standard InChI is InChI=1S/C20H24N2O3/c1-15(23)16-9-6-10-19(11-16)25-14-20(24)21-12-17-7-4-5-8-18(17)13-22(2)3/h4-11H,12-14H2,1-3H3,(H,21,24). The van der Waals surface area contributed by atoms with E-state index in [1.165, 1.54) is 12.5 Å². The van der Waals surface area contributed by atoms with Crippen LogP contribution in [0.4, 0.5) is 0 Å². The molecule has 2 aromatic rings. The maximum atomic E-state index is 12.0. The third-order valence-electron chi connectivity index (χ3n) is 3.69. The van der Waals surface area contributed by atoms with Gasteiger partial charge in [0.05, 0.1) is 0 Å². The average molecular weight is 340 g/mol. The number of nitrogens with zero attached hydrogens (tertiary/aromatic N) is 1. The number of Topliss-reactive ketones (excluding diaryl/α,β-unsaturated/α-hetero) is 1. The van der Waals surface area contributed by atoms with Gasteiger partial charge in [-0.15, -0.1) is 0 Å². The normalized spacial score (nSPS) is 10.6. The molecule has 0 radical (unpaired) electrons. The minimum absolute atomic E-state index is 0.0348. The number of carbonyl (C=O) groups is 2. The number of hydrogen-bond donors (Lipinski definition) is 1. The van der Waals surface area contributed by atoms with Crippen molar-refractivity contribution < 1.29 is 14.3 Å². The van der Waals surface area contributed by atoms with Crippen LogP contribution in [0.5, 0.6) is 5.75 Å². The first-order chi connectivity index (χ1) is 12.0. The van der Waals surface area contributed by atoms with Gasteiger partial charge in [0.2, 0.25) is 0 Å². The maximum Gasteiger partial charge on any atom is 0.258 e. The molecule has 132 valence electrons. The van der Waals surface area contributed by atoms with Crippen LogP contribution in [0.25, 0.3) is 0 Å². The number of amides is 1. The molecule has 0 aliphatic heterocycles. The molecule has 5 nitrogen and oxygen atoms in total. The number of ether oxygens (including phenoxy) is 1. The molecule has 0 aromatic heterocycles. The lowest BCUT2D eigenvalue weighted by Crippen LogP contribution is -2.29. The molecule has 25 heavy (non-hydrogen) atoms. The van der Waals surface area contributed by atoms with E-state index >= 15 is 0 Å². The number of rotatable bonds is 8.